The predicted molar refractivity (Wildman–Crippen MR) is 229 cm³/mol. The molecule has 0 bridgehead atoms. The average molecular weight is 873 g/mol. The maximum atomic E-state index is 15.5. The molecule has 0 aromatic heterocycles. The minimum absolute atomic E-state index is 0.0142. The summed E-state index contributed by atoms with van der Waals surface area (Å²) in [6.07, 6.45) is -0.733. The summed E-state index contributed by atoms with van der Waals surface area (Å²) in [6, 6.07) is -8.51. The van der Waals surface area contributed by atoms with E-state index >= 15 is 9.59 Å². The second-order valence-electron chi connectivity index (χ2n) is 20.0. The molecular weight excluding hydrogens is 783 g/mol. The molecule has 4 aliphatic carbocycles. The van der Waals surface area contributed by atoms with Gasteiger partial charge in [-0.2, -0.15) is 12.7 Å². The van der Waals surface area contributed by atoms with Gasteiger partial charge in [-0.25, -0.2) is 4.72 Å². The minimum atomic E-state index is -5.73. The van der Waals surface area contributed by atoms with E-state index in [1.54, 1.807) is 32.4 Å². The highest BCUT2D eigenvalue weighted by Crippen LogP contribution is 2.88. The number of piperidine rings is 1. The van der Waals surface area contributed by atoms with Crippen LogP contribution in [0, 0.1) is 33.5 Å². The Morgan fingerprint density at radius 2 is 1.53 bits per heavy atom. The summed E-state index contributed by atoms with van der Waals surface area (Å²) >= 11 is 0. The Bertz CT molecular complexity index is 2390. The molecule has 0 aromatic carbocycles. The maximum absolute atomic E-state index is 15.5. The van der Waals surface area contributed by atoms with Crippen LogP contribution in [0.2, 0.25) is 0 Å². The number of hydrogen-bond donors (Lipinski definition) is 4. The van der Waals surface area contributed by atoms with Crippen molar-refractivity contribution in [2.45, 2.75) is 194 Å². The first-order chi connectivity index (χ1) is 34.0. The first-order valence-electron chi connectivity index (χ1n) is 29.4. The number of amides is 5. The second-order valence-corrected chi connectivity index (χ2v) is 21.5. The highest BCUT2D eigenvalue weighted by molar-refractivity contribution is 7.87. The number of rotatable bonds is 13. The molecule has 7 aliphatic rings. The third-order valence-corrected chi connectivity index (χ3v) is 16.9. The second kappa shape index (κ2) is 16.4. The zero-order valence-corrected chi connectivity index (χ0v) is 36.7. The van der Waals surface area contributed by atoms with Crippen LogP contribution in [0.4, 0.5) is 0 Å². The lowest BCUT2D eigenvalue weighted by molar-refractivity contribution is -0.145. The monoisotopic (exact) mass is 873 g/mol. The number of likely N-dealkylation sites (tertiary alicyclic amines) is 2. The summed E-state index contributed by atoms with van der Waals surface area (Å²) in [4.78, 5) is 76.6. The Hall–Kier alpha value is -2.78. The minimum Gasteiger partial charge on any atom is -0.343 e. The summed E-state index contributed by atoms with van der Waals surface area (Å²) in [5.41, 5.74) is -4.33. The van der Waals surface area contributed by atoms with Crippen molar-refractivity contribution in [1.29, 1.82) is 0 Å². The van der Waals surface area contributed by atoms with Crippen molar-refractivity contribution >= 4 is 39.7 Å². The van der Waals surface area contributed by atoms with Gasteiger partial charge in [-0.05, 0) is 112 Å². The highest BCUT2D eigenvalue weighted by Gasteiger charge is 2.85. The van der Waals surface area contributed by atoms with Crippen LogP contribution in [0.15, 0.2) is 0 Å². The SMILES string of the molecule is [2H]C([2H])([2H])C([2H])(N1CCCC[C@H]1C(=O)N[C@H](C(=O)N[C@H](C(=O)N1C[C@]2(C[C@H]1C(=O)N[C@]1(C(=O)NS(=O)(=O)N3C([2H])([2H])C([2H])([2H])C([2H])([2H])C3([2H])[2H])C[C@H]1CC)C(C)(C)C21CCC1)C(C)(C)C)C1CCCCC1)C([2H])([2H])[2H]. The van der Waals surface area contributed by atoms with E-state index in [-0.39, 0.29) is 49.6 Å². The zero-order chi connectivity index (χ0) is 56.7. The third-order valence-electron chi connectivity index (χ3n) is 15.8. The fourth-order valence-corrected chi connectivity index (χ4v) is 12.7. The van der Waals surface area contributed by atoms with Gasteiger partial charge < -0.3 is 20.9 Å². The molecule has 7 rings (SSSR count). The molecule has 0 aromatic rings. The van der Waals surface area contributed by atoms with Gasteiger partial charge in [0.25, 0.3) is 5.91 Å². The lowest BCUT2D eigenvalue weighted by Gasteiger charge is -2.40. The molecule has 3 saturated heterocycles. The first kappa shape index (κ1) is 29.6. The Morgan fingerprint density at radius 1 is 0.867 bits per heavy atom. The molecule has 3 heterocycles. The Morgan fingerprint density at radius 3 is 2.10 bits per heavy atom. The van der Waals surface area contributed by atoms with Crippen molar-refractivity contribution < 1.29 is 53.0 Å². The van der Waals surface area contributed by atoms with Gasteiger partial charge in [-0.15, -0.1) is 0 Å². The van der Waals surface area contributed by atoms with Crippen molar-refractivity contribution in [2.75, 3.05) is 26.1 Å². The summed E-state index contributed by atoms with van der Waals surface area (Å²) in [5.74, 6) is -5.68. The van der Waals surface area contributed by atoms with Crippen LogP contribution in [-0.4, -0.2) is 114 Å². The average Bonchev–Trinajstić information content (AvgIpc) is 3.98. The smallest absolute Gasteiger partial charge is 0.303 e. The van der Waals surface area contributed by atoms with E-state index in [4.69, 9.17) is 20.6 Å². The number of carbonyl (C=O) groups is 5. The largest absolute Gasteiger partial charge is 0.343 e. The van der Waals surface area contributed by atoms with Crippen molar-refractivity contribution in [3.05, 3.63) is 0 Å². The van der Waals surface area contributed by atoms with Gasteiger partial charge in [0, 0.05) is 51.5 Å². The van der Waals surface area contributed by atoms with Gasteiger partial charge in [0.15, 0.2) is 0 Å². The van der Waals surface area contributed by atoms with Crippen LogP contribution >= 0.6 is 0 Å². The van der Waals surface area contributed by atoms with E-state index in [9.17, 15) is 22.8 Å². The van der Waals surface area contributed by atoms with Crippen molar-refractivity contribution in [3.8, 4) is 0 Å². The molecule has 14 nitrogen and oxygen atoms in total. The van der Waals surface area contributed by atoms with Crippen molar-refractivity contribution in [3.63, 3.8) is 0 Å². The summed E-state index contributed by atoms with van der Waals surface area (Å²) in [7, 11) is -5.73. The molecular formula is C45H75N7O7S. The van der Waals surface area contributed by atoms with E-state index in [1.165, 1.54) is 4.90 Å². The van der Waals surface area contributed by atoms with Gasteiger partial charge >= 0.3 is 10.2 Å². The van der Waals surface area contributed by atoms with Crippen LogP contribution in [0.3, 0.4) is 0 Å². The molecule has 15 heteroatoms. The summed E-state index contributed by atoms with van der Waals surface area (Å²) < 4.78 is 152. The highest BCUT2D eigenvalue weighted by atomic mass is 32.2. The third kappa shape index (κ3) is 7.70. The van der Waals surface area contributed by atoms with E-state index in [0.29, 0.717) is 38.5 Å². The molecule has 0 radical (unpaired) electrons. The molecule has 0 unspecified atom stereocenters. The van der Waals surface area contributed by atoms with E-state index in [1.807, 2.05) is 0 Å². The Kier molecular flexibility index (Phi) is 8.08. The Balaban J connectivity index is 1.18. The van der Waals surface area contributed by atoms with Gasteiger partial charge in [0.1, 0.15) is 23.7 Å². The number of nitrogens with one attached hydrogen (secondary N) is 4. The first-order valence-corrected chi connectivity index (χ1v) is 23.3. The zero-order valence-electron chi connectivity index (χ0n) is 50.9. The Labute approximate surface area is 380 Å². The summed E-state index contributed by atoms with van der Waals surface area (Å²) in [6.45, 7) is -3.62. The fourth-order valence-electron chi connectivity index (χ4n) is 11.9. The maximum Gasteiger partial charge on any atom is 0.303 e. The molecule has 4 saturated carbocycles. The number of nitrogens with zero attached hydrogens (tertiary/aromatic N) is 3. The van der Waals surface area contributed by atoms with Gasteiger partial charge in [0.05, 0.1) is 6.04 Å². The molecule has 338 valence electrons. The normalized spacial score (nSPS) is 40.3. The van der Waals surface area contributed by atoms with Crippen LogP contribution in [-0.2, 0) is 34.2 Å². The number of hydrogen-bond acceptors (Lipinski definition) is 8. The van der Waals surface area contributed by atoms with Crippen LogP contribution < -0.4 is 20.7 Å². The van der Waals surface area contributed by atoms with E-state index in [2.05, 4.69) is 29.8 Å². The van der Waals surface area contributed by atoms with Crippen LogP contribution in [0.25, 0.3) is 0 Å². The number of carbonyl (C=O) groups excluding carboxylic acids is 5. The number of fused-ring (bicyclic) bond motifs is 1. The standard InChI is InChI=1S/C45H75N7O7S/c1-9-31-26-45(31,40(57)49-60(58,59)50-23-15-16-24-50)48-37(54)33-27-44(42(7,8)43(44)21-17-22-43)28-52(33)39(56)35(41(4,5)6)47-38(55)34(30-18-11-10-12-19-30)46-36(53)32-20-13-14-25-51(32)29(2)3/h29-35H,9-28H2,1-8H3,(H,46,53)(H,47,55)(H,48,54)(H,49,57)/t31-,32+,33+,34+,35-,44-,45-/m1/s1/i2D3,3D3,15D2,16D2,23D2,24D2,29D. The van der Waals surface area contributed by atoms with Crippen LogP contribution in [0.5, 0.6) is 0 Å². The van der Waals surface area contributed by atoms with E-state index in [0.717, 1.165) is 30.6 Å². The summed E-state index contributed by atoms with van der Waals surface area (Å²) in [5, 5.41) is 8.46. The van der Waals surface area contributed by atoms with Gasteiger partial charge in [-0.3, -0.25) is 28.9 Å². The van der Waals surface area contributed by atoms with E-state index < -0.39 is 142 Å². The predicted octanol–water partition coefficient (Wildman–Crippen LogP) is 4.38. The van der Waals surface area contributed by atoms with Gasteiger partial charge in [0.2, 0.25) is 23.6 Å². The molecule has 2 spiro atoms. The molecule has 7 fully saturated rings. The van der Waals surface area contributed by atoms with Crippen molar-refractivity contribution in [2.24, 2.45) is 33.5 Å². The van der Waals surface area contributed by atoms with Gasteiger partial charge in [-0.1, -0.05) is 80.1 Å². The molecule has 7 atom stereocenters. The topological polar surface area (TPSA) is 177 Å². The fraction of sp³-hybridized carbons (Fsp3) is 0.889. The molecule has 4 N–H and O–H groups in total. The lowest BCUT2D eigenvalue weighted by Crippen LogP contribution is -2.63. The van der Waals surface area contributed by atoms with Crippen molar-refractivity contribution in [1.82, 2.24) is 34.8 Å². The molecule has 5 amide bonds. The quantitative estimate of drug-likeness (QED) is 0.211. The molecule has 60 heavy (non-hydrogen) atoms. The lowest BCUT2D eigenvalue weighted by atomic mass is 9.73. The van der Waals surface area contributed by atoms with Crippen LogP contribution in [0.1, 0.15) is 178 Å². The molecule has 3 aliphatic heterocycles.